The van der Waals surface area contributed by atoms with E-state index in [1.54, 1.807) is 6.07 Å². The first kappa shape index (κ1) is 11.9. The second-order valence-electron chi connectivity index (χ2n) is 4.75. The lowest BCUT2D eigenvalue weighted by atomic mass is 10.1. The van der Waals surface area contributed by atoms with Crippen molar-refractivity contribution in [3.63, 3.8) is 0 Å². The predicted octanol–water partition coefficient (Wildman–Crippen LogP) is 1.50. The van der Waals surface area contributed by atoms with Gasteiger partial charge in [0, 0.05) is 18.5 Å². The van der Waals surface area contributed by atoms with Gasteiger partial charge in [-0.05, 0) is 17.9 Å². The van der Waals surface area contributed by atoms with Gasteiger partial charge >= 0.3 is 5.97 Å². The lowest BCUT2D eigenvalue weighted by molar-refractivity contribution is 0.0691. The van der Waals surface area contributed by atoms with Gasteiger partial charge in [0.1, 0.15) is 5.82 Å². The maximum absolute atomic E-state index is 11.1. The molecule has 0 aliphatic carbocycles. The number of hydrogen-bond donors (Lipinski definition) is 2. The Labute approximate surface area is 110 Å². The smallest absolute Gasteiger partial charge is 0.354 e. The van der Waals surface area contributed by atoms with Crippen LogP contribution in [0.25, 0.3) is 10.8 Å². The largest absolute Gasteiger partial charge is 0.477 e. The molecule has 1 aromatic carbocycles. The van der Waals surface area contributed by atoms with Crippen molar-refractivity contribution in [1.29, 1.82) is 0 Å². The van der Waals surface area contributed by atoms with Crippen molar-refractivity contribution in [2.24, 2.45) is 0 Å². The van der Waals surface area contributed by atoms with Crippen LogP contribution in [0.5, 0.6) is 0 Å². The van der Waals surface area contributed by atoms with Crippen LogP contribution in [0.1, 0.15) is 16.9 Å². The lowest BCUT2D eigenvalue weighted by Gasteiger charge is -2.19. The molecule has 3 rings (SSSR count). The molecule has 1 saturated heterocycles. The molecule has 1 atom stereocenters. The fraction of sp³-hybridized carbons (Fsp3) is 0.286. The normalized spacial score (nSPS) is 19.0. The summed E-state index contributed by atoms with van der Waals surface area (Å²) in [6.45, 7) is 1.20. The third-order valence-electron chi connectivity index (χ3n) is 3.40. The Morgan fingerprint density at radius 2 is 2.16 bits per heavy atom. The maximum Gasteiger partial charge on any atom is 0.354 e. The van der Waals surface area contributed by atoms with Gasteiger partial charge in [-0.1, -0.05) is 24.3 Å². The van der Waals surface area contributed by atoms with Crippen LogP contribution in [0.15, 0.2) is 30.3 Å². The molecule has 0 radical (unpaired) electrons. The van der Waals surface area contributed by atoms with Gasteiger partial charge in [-0.25, -0.2) is 9.78 Å². The van der Waals surface area contributed by atoms with Crippen LogP contribution in [0.2, 0.25) is 0 Å². The Bertz CT molecular complexity index is 642. The summed E-state index contributed by atoms with van der Waals surface area (Å²) in [5.41, 5.74) is 0.0371. The number of carboxylic acid groups (broad SMARTS) is 1. The van der Waals surface area contributed by atoms with Crippen molar-refractivity contribution in [2.75, 3.05) is 18.0 Å². The Hall–Kier alpha value is -2.14. The van der Waals surface area contributed by atoms with Crippen LogP contribution in [-0.4, -0.2) is 40.4 Å². The number of carbonyl (C=O) groups is 1. The van der Waals surface area contributed by atoms with Gasteiger partial charge < -0.3 is 15.1 Å². The molecule has 1 aliphatic heterocycles. The van der Waals surface area contributed by atoms with Gasteiger partial charge in [-0.15, -0.1) is 0 Å². The van der Waals surface area contributed by atoms with Crippen LogP contribution in [0, 0.1) is 0 Å². The average molecular weight is 258 g/mol. The van der Waals surface area contributed by atoms with Crippen LogP contribution in [0.3, 0.4) is 0 Å². The molecule has 5 nitrogen and oxygen atoms in total. The SMILES string of the molecule is O=C(O)c1cc2ccccc2c(N2CCC(O)C2)n1. The zero-order valence-corrected chi connectivity index (χ0v) is 10.3. The highest BCUT2D eigenvalue weighted by Crippen LogP contribution is 2.28. The number of aliphatic hydroxyl groups is 1. The molecule has 1 unspecified atom stereocenters. The summed E-state index contributed by atoms with van der Waals surface area (Å²) in [5.74, 6) is -0.390. The van der Waals surface area contributed by atoms with Crippen molar-refractivity contribution < 1.29 is 15.0 Å². The van der Waals surface area contributed by atoms with Gasteiger partial charge in [0.25, 0.3) is 0 Å². The molecule has 0 amide bonds. The molecule has 0 spiro atoms. The van der Waals surface area contributed by atoms with Crippen LogP contribution in [-0.2, 0) is 0 Å². The highest BCUT2D eigenvalue weighted by molar-refractivity contribution is 5.98. The van der Waals surface area contributed by atoms with Crippen molar-refractivity contribution in [1.82, 2.24) is 4.98 Å². The van der Waals surface area contributed by atoms with Crippen LogP contribution < -0.4 is 4.90 Å². The Morgan fingerprint density at radius 1 is 1.37 bits per heavy atom. The van der Waals surface area contributed by atoms with E-state index in [0.717, 1.165) is 10.8 Å². The number of rotatable bonds is 2. The number of pyridine rings is 1. The minimum absolute atomic E-state index is 0.0371. The number of benzene rings is 1. The van der Waals surface area contributed by atoms with Gasteiger partial charge in [-0.3, -0.25) is 0 Å². The number of hydrogen-bond acceptors (Lipinski definition) is 4. The fourth-order valence-corrected chi connectivity index (χ4v) is 2.47. The first-order chi connectivity index (χ1) is 9.15. The van der Waals surface area contributed by atoms with Gasteiger partial charge in [0.15, 0.2) is 5.69 Å². The summed E-state index contributed by atoms with van der Waals surface area (Å²) in [6, 6.07) is 9.15. The minimum atomic E-state index is -1.04. The summed E-state index contributed by atoms with van der Waals surface area (Å²) in [5, 5.41) is 20.5. The first-order valence-electron chi connectivity index (χ1n) is 6.21. The van der Waals surface area contributed by atoms with E-state index < -0.39 is 5.97 Å². The standard InChI is InChI=1S/C14H14N2O3/c17-10-5-6-16(8-10)13-11-4-2-1-3-9(11)7-12(15-13)14(18)19/h1-4,7,10,17H,5-6,8H2,(H,18,19). The molecule has 98 valence electrons. The summed E-state index contributed by atoms with van der Waals surface area (Å²) >= 11 is 0. The molecule has 2 N–H and O–H groups in total. The second-order valence-corrected chi connectivity index (χ2v) is 4.75. The molecule has 5 heteroatoms. The van der Waals surface area contributed by atoms with Gasteiger partial charge in [-0.2, -0.15) is 0 Å². The first-order valence-corrected chi connectivity index (χ1v) is 6.21. The third kappa shape index (κ3) is 2.13. The van der Waals surface area contributed by atoms with E-state index in [1.807, 2.05) is 29.2 Å². The zero-order valence-electron chi connectivity index (χ0n) is 10.3. The topological polar surface area (TPSA) is 73.7 Å². The minimum Gasteiger partial charge on any atom is -0.477 e. The van der Waals surface area contributed by atoms with E-state index >= 15 is 0 Å². The summed E-state index contributed by atoms with van der Waals surface area (Å²) in [6.07, 6.45) is 0.321. The summed E-state index contributed by atoms with van der Waals surface area (Å²) < 4.78 is 0. The maximum atomic E-state index is 11.1. The number of carboxylic acids is 1. The average Bonchev–Trinajstić information content (AvgIpc) is 2.84. The van der Waals surface area contributed by atoms with E-state index in [-0.39, 0.29) is 11.8 Å². The highest BCUT2D eigenvalue weighted by atomic mass is 16.4. The number of nitrogens with zero attached hydrogens (tertiary/aromatic N) is 2. The number of aromatic carboxylic acids is 1. The van der Waals surface area contributed by atoms with Crippen molar-refractivity contribution in [3.8, 4) is 0 Å². The summed E-state index contributed by atoms with van der Waals surface area (Å²) in [4.78, 5) is 17.3. The number of fused-ring (bicyclic) bond motifs is 1. The molecular formula is C14H14N2O3. The monoisotopic (exact) mass is 258 g/mol. The van der Waals surface area contributed by atoms with E-state index in [2.05, 4.69) is 4.98 Å². The molecule has 1 aromatic heterocycles. The zero-order chi connectivity index (χ0) is 13.4. The third-order valence-corrected chi connectivity index (χ3v) is 3.40. The van der Waals surface area contributed by atoms with Crippen LogP contribution >= 0.6 is 0 Å². The molecule has 2 heterocycles. The van der Waals surface area contributed by atoms with Gasteiger partial charge in [0.05, 0.1) is 6.10 Å². The number of aliphatic hydroxyl groups excluding tert-OH is 1. The van der Waals surface area contributed by atoms with E-state index in [4.69, 9.17) is 5.11 Å². The number of aromatic nitrogens is 1. The molecule has 19 heavy (non-hydrogen) atoms. The Kier molecular flexibility index (Phi) is 2.83. The van der Waals surface area contributed by atoms with Crippen molar-refractivity contribution in [2.45, 2.75) is 12.5 Å². The van der Waals surface area contributed by atoms with E-state index in [9.17, 15) is 9.90 Å². The van der Waals surface area contributed by atoms with Crippen LogP contribution in [0.4, 0.5) is 5.82 Å². The fourth-order valence-electron chi connectivity index (χ4n) is 2.47. The van der Waals surface area contributed by atoms with Crippen molar-refractivity contribution >= 4 is 22.6 Å². The quantitative estimate of drug-likeness (QED) is 0.854. The molecule has 1 aliphatic rings. The summed E-state index contributed by atoms with van der Waals surface area (Å²) in [7, 11) is 0. The Morgan fingerprint density at radius 3 is 2.84 bits per heavy atom. The van der Waals surface area contributed by atoms with E-state index in [1.165, 1.54) is 0 Å². The molecule has 2 aromatic rings. The molecule has 0 saturated carbocycles. The Balaban J connectivity index is 2.17. The van der Waals surface area contributed by atoms with E-state index in [0.29, 0.717) is 25.3 Å². The molecule has 0 bridgehead atoms. The van der Waals surface area contributed by atoms with Crippen molar-refractivity contribution in [3.05, 3.63) is 36.0 Å². The number of anilines is 1. The molecular weight excluding hydrogens is 244 g/mol. The number of β-amino-alcohol motifs (C(OH)–C–C–N with tert-alkyl or cyclic N) is 1. The van der Waals surface area contributed by atoms with Gasteiger partial charge in [0.2, 0.25) is 0 Å². The predicted molar refractivity (Wildman–Crippen MR) is 71.5 cm³/mol. The lowest BCUT2D eigenvalue weighted by Crippen LogP contribution is -2.23. The second kappa shape index (κ2) is 4.51. The highest BCUT2D eigenvalue weighted by Gasteiger charge is 2.24. The molecule has 1 fully saturated rings.